The van der Waals surface area contributed by atoms with E-state index in [-0.39, 0.29) is 5.78 Å². The number of rotatable bonds is 4. The van der Waals surface area contributed by atoms with E-state index < -0.39 is 0 Å². The van der Waals surface area contributed by atoms with Crippen molar-refractivity contribution in [2.45, 2.75) is 32.1 Å². The van der Waals surface area contributed by atoms with E-state index in [0.29, 0.717) is 12.3 Å². The lowest BCUT2D eigenvalue weighted by Gasteiger charge is -2.12. The number of carbonyl (C=O) groups is 1. The summed E-state index contributed by atoms with van der Waals surface area (Å²) in [6, 6.07) is 8.77. The molecule has 0 bridgehead atoms. The molecule has 1 aromatic carbocycles. The molecule has 1 fully saturated rings. The van der Waals surface area contributed by atoms with Gasteiger partial charge in [-0.1, -0.05) is 24.3 Å². The second kappa shape index (κ2) is 5.46. The maximum atomic E-state index is 11.0. The molecule has 1 aromatic rings. The van der Waals surface area contributed by atoms with Gasteiger partial charge in [0.05, 0.1) is 0 Å². The number of hydrogen-bond donors (Lipinski definition) is 0. The van der Waals surface area contributed by atoms with Gasteiger partial charge in [-0.05, 0) is 50.4 Å². The Kier molecular flexibility index (Phi) is 3.95. The van der Waals surface area contributed by atoms with Gasteiger partial charge in [-0.3, -0.25) is 0 Å². The van der Waals surface area contributed by atoms with Crippen molar-refractivity contribution >= 4 is 5.78 Å². The van der Waals surface area contributed by atoms with Crippen LogP contribution in [0.5, 0.6) is 0 Å². The minimum atomic E-state index is 0.274. The van der Waals surface area contributed by atoms with Crippen LogP contribution in [0.25, 0.3) is 0 Å². The number of aryl methyl sites for hydroxylation is 1. The number of likely N-dealkylation sites (tertiary alicyclic amines) is 1. The Morgan fingerprint density at radius 1 is 1.47 bits per heavy atom. The number of ketones is 1. The maximum Gasteiger partial charge on any atom is 0.130 e. The topological polar surface area (TPSA) is 20.3 Å². The summed E-state index contributed by atoms with van der Waals surface area (Å²) < 4.78 is 0. The zero-order valence-electron chi connectivity index (χ0n) is 10.8. The molecule has 92 valence electrons. The van der Waals surface area contributed by atoms with E-state index in [1.54, 1.807) is 6.92 Å². The molecule has 2 nitrogen and oxygen atoms in total. The molecular formula is C15H21NO. The first-order valence-corrected chi connectivity index (χ1v) is 6.42. The maximum absolute atomic E-state index is 11.0. The smallest absolute Gasteiger partial charge is 0.130 e. The van der Waals surface area contributed by atoms with Gasteiger partial charge in [-0.25, -0.2) is 0 Å². The Balaban J connectivity index is 2.03. The van der Waals surface area contributed by atoms with Gasteiger partial charge in [-0.15, -0.1) is 0 Å². The Labute approximate surface area is 104 Å². The van der Waals surface area contributed by atoms with Crippen molar-refractivity contribution in [2.75, 3.05) is 20.1 Å². The third-order valence-corrected chi connectivity index (χ3v) is 3.58. The van der Waals surface area contributed by atoms with Crippen LogP contribution in [0.15, 0.2) is 24.3 Å². The molecule has 1 atom stereocenters. The number of likely N-dealkylation sites (N-methyl/N-ethyl adjacent to an activating group) is 1. The third kappa shape index (κ3) is 3.40. The van der Waals surface area contributed by atoms with E-state index >= 15 is 0 Å². The highest BCUT2D eigenvalue weighted by atomic mass is 16.1. The molecule has 0 amide bonds. The van der Waals surface area contributed by atoms with Crippen LogP contribution in [0.4, 0.5) is 0 Å². The summed E-state index contributed by atoms with van der Waals surface area (Å²) in [4.78, 5) is 13.4. The molecule has 1 aliphatic rings. The zero-order valence-corrected chi connectivity index (χ0v) is 10.8. The quantitative estimate of drug-likeness (QED) is 0.794. The molecule has 0 radical (unpaired) electrons. The molecule has 1 aliphatic heterocycles. The molecule has 0 saturated carbocycles. The minimum absolute atomic E-state index is 0.274. The summed E-state index contributed by atoms with van der Waals surface area (Å²) in [5.41, 5.74) is 2.74. The third-order valence-electron chi connectivity index (χ3n) is 3.58. The van der Waals surface area contributed by atoms with Crippen molar-refractivity contribution in [3.63, 3.8) is 0 Å². The average molecular weight is 231 g/mol. The molecule has 0 aliphatic carbocycles. The van der Waals surface area contributed by atoms with Crippen molar-refractivity contribution in [3.8, 4) is 0 Å². The standard InChI is InChI=1S/C15H21NO/c1-12(17)6-7-13-4-3-5-14(10-13)15-8-9-16(2)11-15/h3-5,10,15H,6-9,11H2,1-2H3. The average Bonchev–Trinajstić information content (AvgIpc) is 2.74. The molecular weight excluding hydrogens is 210 g/mol. The van der Waals surface area contributed by atoms with Gasteiger partial charge in [0.15, 0.2) is 0 Å². The van der Waals surface area contributed by atoms with E-state index in [1.165, 1.54) is 24.1 Å². The van der Waals surface area contributed by atoms with Crippen LogP contribution < -0.4 is 0 Å². The van der Waals surface area contributed by atoms with Crippen molar-refractivity contribution in [2.24, 2.45) is 0 Å². The largest absolute Gasteiger partial charge is 0.306 e. The fourth-order valence-corrected chi connectivity index (χ4v) is 2.53. The molecule has 1 unspecified atom stereocenters. The van der Waals surface area contributed by atoms with E-state index in [1.807, 2.05) is 0 Å². The van der Waals surface area contributed by atoms with E-state index in [0.717, 1.165) is 13.0 Å². The SMILES string of the molecule is CC(=O)CCc1cccc(C2CCN(C)C2)c1. The van der Waals surface area contributed by atoms with Crippen molar-refractivity contribution < 1.29 is 4.79 Å². The minimum Gasteiger partial charge on any atom is -0.306 e. The fourth-order valence-electron chi connectivity index (χ4n) is 2.53. The van der Waals surface area contributed by atoms with Crippen LogP contribution in [0.3, 0.4) is 0 Å². The lowest BCUT2D eigenvalue weighted by molar-refractivity contribution is -0.116. The van der Waals surface area contributed by atoms with Crippen LogP contribution >= 0.6 is 0 Å². The highest BCUT2D eigenvalue weighted by molar-refractivity contribution is 5.75. The van der Waals surface area contributed by atoms with Gasteiger partial charge >= 0.3 is 0 Å². The summed E-state index contributed by atoms with van der Waals surface area (Å²) in [5.74, 6) is 0.952. The van der Waals surface area contributed by atoms with Crippen LogP contribution in [0.1, 0.15) is 36.8 Å². The van der Waals surface area contributed by atoms with E-state index in [9.17, 15) is 4.79 Å². The highest BCUT2D eigenvalue weighted by Crippen LogP contribution is 2.26. The summed E-state index contributed by atoms with van der Waals surface area (Å²) >= 11 is 0. The van der Waals surface area contributed by atoms with Gasteiger partial charge in [0.2, 0.25) is 0 Å². The van der Waals surface area contributed by atoms with Crippen molar-refractivity contribution in [1.82, 2.24) is 4.90 Å². The van der Waals surface area contributed by atoms with Gasteiger partial charge in [0, 0.05) is 13.0 Å². The van der Waals surface area contributed by atoms with Crippen molar-refractivity contribution in [3.05, 3.63) is 35.4 Å². The monoisotopic (exact) mass is 231 g/mol. The number of benzene rings is 1. The molecule has 17 heavy (non-hydrogen) atoms. The van der Waals surface area contributed by atoms with Gasteiger partial charge < -0.3 is 9.69 Å². The lowest BCUT2D eigenvalue weighted by Crippen LogP contribution is -2.13. The molecule has 0 N–H and O–H groups in total. The second-order valence-electron chi connectivity index (χ2n) is 5.19. The number of hydrogen-bond acceptors (Lipinski definition) is 2. The molecule has 2 rings (SSSR count). The summed E-state index contributed by atoms with van der Waals surface area (Å²) in [6.07, 6.45) is 2.80. The number of carbonyl (C=O) groups excluding carboxylic acids is 1. The lowest BCUT2D eigenvalue weighted by atomic mass is 9.95. The number of nitrogens with zero attached hydrogens (tertiary/aromatic N) is 1. The molecule has 0 spiro atoms. The molecule has 0 aromatic heterocycles. The molecule has 1 heterocycles. The van der Waals surface area contributed by atoms with Crippen LogP contribution in [0, 0.1) is 0 Å². The fraction of sp³-hybridized carbons (Fsp3) is 0.533. The van der Waals surface area contributed by atoms with Gasteiger partial charge in [-0.2, -0.15) is 0 Å². The first kappa shape index (κ1) is 12.3. The molecule has 2 heteroatoms. The number of Topliss-reactive ketones (excluding diaryl/α,β-unsaturated/α-hetero) is 1. The van der Waals surface area contributed by atoms with Crippen LogP contribution in [0.2, 0.25) is 0 Å². The Bertz CT molecular complexity index is 400. The van der Waals surface area contributed by atoms with Gasteiger partial charge in [0.1, 0.15) is 5.78 Å². The van der Waals surface area contributed by atoms with E-state index in [2.05, 4.69) is 36.2 Å². The highest BCUT2D eigenvalue weighted by Gasteiger charge is 2.20. The Morgan fingerprint density at radius 3 is 2.94 bits per heavy atom. The summed E-state index contributed by atoms with van der Waals surface area (Å²) in [7, 11) is 2.18. The second-order valence-corrected chi connectivity index (χ2v) is 5.19. The zero-order chi connectivity index (χ0) is 12.3. The Hall–Kier alpha value is -1.15. The predicted octanol–water partition coefficient (Wildman–Crippen LogP) is 2.63. The molecule has 1 saturated heterocycles. The van der Waals surface area contributed by atoms with Gasteiger partial charge in [0.25, 0.3) is 0 Å². The van der Waals surface area contributed by atoms with Crippen LogP contribution in [-0.4, -0.2) is 30.8 Å². The summed E-state index contributed by atoms with van der Waals surface area (Å²) in [5, 5.41) is 0. The Morgan fingerprint density at radius 2 is 2.29 bits per heavy atom. The first-order chi connectivity index (χ1) is 8.15. The predicted molar refractivity (Wildman–Crippen MR) is 70.3 cm³/mol. The van der Waals surface area contributed by atoms with Crippen LogP contribution in [-0.2, 0) is 11.2 Å². The van der Waals surface area contributed by atoms with Crippen molar-refractivity contribution in [1.29, 1.82) is 0 Å². The first-order valence-electron chi connectivity index (χ1n) is 6.42. The normalized spacial score (nSPS) is 20.7. The van der Waals surface area contributed by atoms with E-state index in [4.69, 9.17) is 0 Å². The summed E-state index contributed by atoms with van der Waals surface area (Å²) in [6.45, 7) is 4.02.